The number of ether oxygens (including phenoxy) is 1. The summed E-state index contributed by atoms with van der Waals surface area (Å²) in [6.45, 7) is 10.8. The molecule has 2 fully saturated rings. The van der Waals surface area contributed by atoms with Gasteiger partial charge < -0.3 is 9.84 Å². The van der Waals surface area contributed by atoms with Crippen LogP contribution in [0.25, 0.3) is 0 Å². The van der Waals surface area contributed by atoms with Crippen molar-refractivity contribution < 1.29 is 9.84 Å². The minimum absolute atomic E-state index is 0.319. The van der Waals surface area contributed by atoms with Crippen LogP contribution < -0.4 is 0 Å². The Morgan fingerprint density at radius 1 is 1.40 bits per heavy atom. The first kappa shape index (κ1) is 11.2. The molecule has 15 heavy (non-hydrogen) atoms. The molecule has 2 unspecified atom stereocenters. The van der Waals surface area contributed by atoms with Crippen molar-refractivity contribution in [3.63, 3.8) is 0 Å². The molecular formula is C13H22O2. The van der Waals surface area contributed by atoms with Gasteiger partial charge in [-0.15, -0.1) is 6.58 Å². The lowest BCUT2D eigenvalue weighted by Crippen LogP contribution is -2.45. The number of hydrogen-bond acceptors (Lipinski definition) is 2. The van der Waals surface area contributed by atoms with Crippen LogP contribution >= 0.6 is 0 Å². The molecule has 0 amide bonds. The van der Waals surface area contributed by atoms with Crippen LogP contribution in [0.1, 0.15) is 33.6 Å². The molecule has 2 saturated carbocycles. The third-order valence-corrected chi connectivity index (χ3v) is 4.63. The normalized spacial score (nSPS) is 47.1. The van der Waals surface area contributed by atoms with Crippen LogP contribution in [-0.2, 0) is 4.74 Å². The molecule has 2 aliphatic rings. The summed E-state index contributed by atoms with van der Waals surface area (Å²) in [7, 11) is 0. The van der Waals surface area contributed by atoms with E-state index in [-0.39, 0.29) is 11.7 Å². The minimum Gasteiger partial charge on any atom is -0.390 e. The summed E-state index contributed by atoms with van der Waals surface area (Å²) in [5, 5.41) is 10.1. The second-order valence-electron chi connectivity index (χ2n) is 5.90. The lowest BCUT2D eigenvalue weighted by atomic mass is 9.83. The van der Waals surface area contributed by atoms with E-state index in [1.54, 1.807) is 6.08 Å². The molecule has 0 aromatic rings. The van der Waals surface area contributed by atoms with Crippen molar-refractivity contribution in [2.45, 2.75) is 45.3 Å². The zero-order valence-electron chi connectivity index (χ0n) is 9.99. The van der Waals surface area contributed by atoms with E-state index in [0.717, 1.165) is 18.8 Å². The molecule has 4 atom stereocenters. The Bertz CT molecular complexity index is 272. The Balaban J connectivity index is 2.05. The van der Waals surface area contributed by atoms with E-state index in [9.17, 15) is 5.11 Å². The Morgan fingerprint density at radius 3 is 2.67 bits per heavy atom. The van der Waals surface area contributed by atoms with Crippen LogP contribution in [0.4, 0.5) is 0 Å². The highest BCUT2D eigenvalue weighted by molar-refractivity contribution is 5.13. The van der Waals surface area contributed by atoms with Gasteiger partial charge in [-0.05, 0) is 37.0 Å². The van der Waals surface area contributed by atoms with Gasteiger partial charge in [-0.3, -0.25) is 0 Å². The van der Waals surface area contributed by atoms with Gasteiger partial charge in [0.05, 0.1) is 18.3 Å². The van der Waals surface area contributed by atoms with E-state index < -0.39 is 0 Å². The zero-order chi connectivity index (χ0) is 11.3. The molecule has 2 nitrogen and oxygen atoms in total. The van der Waals surface area contributed by atoms with E-state index in [1.165, 1.54) is 0 Å². The third-order valence-electron chi connectivity index (χ3n) is 4.63. The van der Waals surface area contributed by atoms with Gasteiger partial charge >= 0.3 is 0 Å². The molecule has 0 radical (unpaired) electrons. The Labute approximate surface area is 92.3 Å². The predicted molar refractivity (Wildman–Crippen MR) is 60.6 cm³/mol. The van der Waals surface area contributed by atoms with Gasteiger partial charge in [-0.2, -0.15) is 0 Å². The summed E-state index contributed by atoms with van der Waals surface area (Å²) < 4.78 is 5.75. The summed E-state index contributed by atoms with van der Waals surface area (Å²) in [5.74, 6) is 1.43. The number of fused-ring (bicyclic) bond motifs is 1. The monoisotopic (exact) mass is 210 g/mol. The van der Waals surface area contributed by atoms with Gasteiger partial charge in [-0.25, -0.2) is 0 Å². The molecule has 2 heteroatoms. The number of hydrogen-bond donors (Lipinski definition) is 1. The fourth-order valence-electron chi connectivity index (χ4n) is 3.20. The fraction of sp³-hybridized carbons (Fsp3) is 0.846. The first-order valence-corrected chi connectivity index (χ1v) is 5.85. The molecule has 2 rings (SSSR count). The maximum atomic E-state index is 10.1. The molecule has 0 aliphatic heterocycles. The minimum atomic E-state index is -0.358. The van der Waals surface area contributed by atoms with Gasteiger partial charge in [0.2, 0.25) is 0 Å². The van der Waals surface area contributed by atoms with Crippen LogP contribution in [0, 0.1) is 17.3 Å². The van der Waals surface area contributed by atoms with Crippen molar-refractivity contribution in [1.82, 2.24) is 0 Å². The first-order chi connectivity index (χ1) is 6.92. The summed E-state index contributed by atoms with van der Waals surface area (Å²) in [6.07, 6.45) is 3.31. The smallest absolute Gasteiger partial charge is 0.0919 e. The predicted octanol–water partition coefficient (Wildman–Crippen LogP) is 2.37. The highest BCUT2D eigenvalue weighted by Gasteiger charge is 2.64. The van der Waals surface area contributed by atoms with Gasteiger partial charge in [0.25, 0.3) is 0 Å². The Morgan fingerprint density at radius 2 is 2.07 bits per heavy atom. The Kier molecular flexibility index (Phi) is 2.47. The summed E-state index contributed by atoms with van der Waals surface area (Å²) in [6, 6.07) is 0. The maximum absolute atomic E-state index is 10.1. The molecular weight excluding hydrogens is 188 g/mol. The quantitative estimate of drug-likeness (QED) is 0.725. The molecule has 0 aromatic carbocycles. The van der Waals surface area contributed by atoms with Crippen molar-refractivity contribution in [1.29, 1.82) is 0 Å². The van der Waals surface area contributed by atoms with E-state index in [4.69, 9.17) is 4.74 Å². The zero-order valence-corrected chi connectivity index (χ0v) is 9.99. The number of rotatable bonds is 3. The van der Waals surface area contributed by atoms with Crippen molar-refractivity contribution in [2.24, 2.45) is 17.3 Å². The van der Waals surface area contributed by atoms with Crippen LogP contribution in [0.15, 0.2) is 12.7 Å². The number of aliphatic hydroxyl groups is 1. The van der Waals surface area contributed by atoms with Crippen molar-refractivity contribution in [3.05, 3.63) is 12.7 Å². The first-order valence-electron chi connectivity index (χ1n) is 5.85. The fourth-order valence-corrected chi connectivity index (χ4v) is 3.20. The van der Waals surface area contributed by atoms with Gasteiger partial charge in [-0.1, -0.05) is 19.9 Å². The van der Waals surface area contributed by atoms with Crippen LogP contribution in [0.3, 0.4) is 0 Å². The van der Waals surface area contributed by atoms with Crippen LogP contribution in [0.2, 0.25) is 0 Å². The molecule has 0 bridgehead atoms. The van der Waals surface area contributed by atoms with Crippen LogP contribution in [-0.4, -0.2) is 23.4 Å². The van der Waals surface area contributed by atoms with Crippen molar-refractivity contribution >= 4 is 0 Å². The largest absolute Gasteiger partial charge is 0.390 e. The van der Waals surface area contributed by atoms with E-state index >= 15 is 0 Å². The van der Waals surface area contributed by atoms with Gasteiger partial charge in [0, 0.05) is 0 Å². The van der Waals surface area contributed by atoms with E-state index in [1.807, 2.05) is 6.92 Å². The van der Waals surface area contributed by atoms with Crippen molar-refractivity contribution in [2.75, 3.05) is 6.61 Å². The summed E-state index contributed by atoms with van der Waals surface area (Å²) >= 11 is 0. The molecule has 0 aromatic heterocycles. The second kappa shape index (κ2) is 3.33. The molecule has 1 N–H and O–H groups in total. The molecule has 2 aliphatic carbocycles. The molecule has 0 saturated heterocycles. The average molecular weight is 210 g/mol. The topological polar surface area (TPSA) is 29.5 Å². The summed E-state index contributed by atoms with van der Waals surface area (Å²) in [5.41, 5.74) is 0.0550. The standard InChI is InChI=1S/C13H22O2/c1-5-6-15-13(4)8-10-9(7-11(13)14)12(10,2)3/h5,9-11,14H,1,6-8H2,2-4H3/t9-,10+,11?,13?/m1/s1. The van der Waals surface area contributed by atoms with E-state index in [2.05, 4.69) is 20.4 Å². The van der Waals surface area contributed by atoms with Crippen molar-refractivity contribution in [3.8, 4) is 0 Å². The lowest BCUT2D eigenvalue weighted by molar-refractivity contribution is -0.126. The molecule has 0 spiro atoms. The third kappa shape index (κ3) is 1.64. The SMILES string of the molecule is C=CCOC1(C)C[C@H]2[C@@H](CC1O)C2(C)C. The highest BCUT2D eigenvalue weighted by Crippen LogP contribution is 2.66. The molecule has 0 heterocycles. The van der Waals surface area contributed by atoms with Gasteiger partial charge in [0.15, 0.2) is 0 Å². The second-order valence-corrected chi connectivity index (χ2v) is 5.90. The van der Waals surface area contributed by atoms with E-state index in [0.29, 0.717) is 17.9 Å². The summed E-state index contributed by atoms with van der Waals surface area (Å²) in [4.78, 5) is 0. The Hall–Kier alpha value is -0.340. The molecule has 86 valence electrons. The maximum Gasteiger partial charge on any atom is 0.0919 e. The van der Waals surface area contributed by atoms with Gasteiger partial charge in [0.1, 0.15) is 0 Å². The average Bonchev–Trinajstić information content (AvgIpc) is 2.66. The number of aliphatic hydroxyl groups excluding tert-OH is 1. The highest BCUT2D eigenvalue weighted by atomic mass is 16.5. The lowest BCUT2D eigenvalue weighted by Gasteiger charge is -2.37. The van der Waals surface area contributed by atoms with Crippen LogP contribution in [0.5, 0.6) is 0 Å².